The predicted molar refractivity (Wildman–Crippen MR) is 68.2 cm³/mol. The van der Waals surface area contributed by atoms with Gasteiger partial charge in [0.25, 0.3) is 0 Å². The number of nitrogens with zero attached hydrogens (tertiary/aromatic N) is 2. The van der Waals surface area contributed by atoms with Gasteiger partial charge in [0.2, 0.25) is 0 Å². The lowest BCUT2D eigenvalue weighted by atomic mass is 10.0. The zero-order valence-electron chi connectivity index (χ0n) is 10.6. The van der Waals surface area contributed by atoms with E-state index in [1.807, 2.05) is 6.20 Å². The number of aromatic nitrogens is 2. The molecule has 2 heterocycles. The Labute approximate surface area is 103 Å². The van der Waals surface area contributed by atoms with Crippen molar-refractivity contribution in [3.05, 3.63) is 17.8 Å². The van der Waals surface area contributed by atoms with Crippen molar-refractivity contribution in [2.24, 2.45) is 5.92 Å². The molecule has 4 nitrogen and oxygen atoms in total. The maximum Gasteiger partial charge on any atom is 0.148 e. The first-order chi connectivity index (χ1) is 8.25. The molecule has 1 saturated heterocycles. The number of ether oxygens (including phenoxy) is 1. The van der Waals surface area contributed by atoms with Gasteiger partial charge in [-0.1, -0.05) is 13.8 Å². The molecule has 1 fully saturated rings. The summed E-state index contributed by atoms with van der Waals surface area (Å²) in [4.78, 5) is 0. The Kier molecular flexibility index (Phi) is 4.31. The maximum absolute atomic E-state index is 5.35. The Hall–Kier alpha value is -1.16. The molecule has 94 valence electrons. The van der Waals surface area contributed by atoms with E-state index in [1.165, 1.54) is 5.56 Å². The van der Waals surface area contributed by atoms with Crippen LogP contribution < -0.4 is 5.32 Å². The van der Waals surface area contributed by atoms with Gasteiger partial charge in [-0.3, -0.25) is 0 Å². The van der Waals surface area contributed by atoms with Gasteiger partial charge in [-0.25, -0.2) is 0 Å². The molecule has 1 aromatic heterocycles. The Balaban J connectivity index is 1.87. The first kappa shape index (κ1) is 12.3. The number of hydrogen-bond donors (Lipinski definition) is 1. The summed E-state index contributed by atoms with van der Waals surface area (Å²) in [6.07, 6.45) is 4.12. The summed E-state index contributed by atoms with van der Waals surface area (Å²) >= 11 is 0. The van der Waals surface area contributed by atoms with E-state index >= 15 is 0 Å². The summed E-state index contributed by atoms with van der Waals surface area (Å²) in [6, 6.07) is 2.09. The van der Waals surface area contributed by atoms with Crippen LogP contribution in [0.3, 0.4) is 0 Å². The van der Waals surface area contributed by atoms with Crippen molar-refractivity contribution in [2.75, 3.05) is 25.1 Å². The minimum atomic E-state index is 0.495. The normalized spacial score (nSPS) is 17.4. The molecule has 0 atom stereocenters. The van der Waals surface area contributed by atoms with Gasteiger partial charge in [0.1, 0.15) is 5.82 Å². The average molecular weight is 235 g/mol. The van der Waals surface area contributed by atoms with Crippen molar-refractivity contribution in [1.29, 1.82) is 0 Å². The van der Waals surface area contributed by atoms with E-state index in [9.17, 15) is 0 Å². The maximum atomic E-state index is 5.35. The summed E-state index contributed by atoms with van der Waals surface area (Å²) in [6.45, 7) is 7.09. The van der Waals surface area contributed by atoms with E-state index in [0.29, 0.717) is 11.8 Å². The Morgan fingerprint density at radius 1 is 1.41 bits per heavy atom. The Morgan fingerprint density at radius 3 is 2.88 bits per heavy atom. The lowest BCUT2D eigenvalue weighted by Crippen LogP contribution is -2.23. The highest BCUT2D eigenvalue weighted by molar-refractivity contribution is 5.36. The van der Waals surface area contributed by atoms with Gasteiger partial charge in [-0.05, 0) is 36.3 Å². The number of nitrogens with one attached hydrogen (secondary N) is 1. The number of rotatable bonds is 4. The molecule has 0 aliphatic carbocycles. The van der Waals surface area contributed by atoms with Crippen LogP contribution in [-0.4, -0.2) is 30.0 Å². The van der Waals surface area contributed by atoms with E-state index in [2.05, 4.69) is 35.4 Å². The Bertz CT molecular complexity index is 348. The molecule has 4 heteroatoms. The minimum absolute atomic E-state index is 0.495. The second-order valence-electron chi connectivity index (χ2n) is 4.97. The average Bonchev–Trinajstić information content (AvgIpc) is 2.38. The minimum Gasteiger partial charge on any atom is -0.381 e. The highest BCUT2D eigenvalue weighted by atomic mass is 16.5. The predicted octanol–water partition coefficient (Wildman–Crippen LogP) is 2.44. The van der Waals surface area contributed by atoms with Crippen LogP contribution in [-0.2, 0) is 4.74 Å². The smallest absolute Gasteiger partial charge is 0.148 e. The van der Waals surface area contributed by atoms with Gasteiger partial charge >= 0.3 is 0 Å². The summed E-state index contributed by atoms with van der Waals surface area (Å²) in [5, 5.41) is 11.5. The van der Waals surface area contributed by atoms with Gasteiger partial charge in [-0.15, -0.1) is 5.10 Å². The van der Waals surface area contributed by atoms with Crippen LogP contribution in [0.5, 0.6) is 0 Å². The quantitative estimate of drug-likeness (QED) is 0.870. The summed E-state index contributed by atoms with van der Waals surface area (Å²) < 4.78 is 5.35. The third-order valence-electron chi connectivity index (χ3n) is 3.26. The molecule has 0 radical (unpaired) electrons. The van der Waals surface area contributed by atoms with Crippen LogP contribution in [0.4, 0.5) is 5.82 Å². The van der Waals surface area contributed by atoms with Gasteiger partial charge in [0.05, 0.1) is 6.20 Å². The zero-order chi connectivity index (χ0) is 12.1. The molecule has 0 unspecified atom stereocenters. The standard InChI is InChI=1S/C13H21N3O/c1-10(2)12-7-13(16-15-9-12)14-8-11-3-5-17-6-4-11/h7,9-11H,3-6,8H2,1-2H3,(H,14,16). The lowest BCUT2D eigenvalue weighted by molar-refractivity contribution is 0.0699. The van der Waals surface area contributed by atoms with Gasteiger partial charge in [-0.2, -0.15) is 5.10 Å². The highest BCUT2D eigenvalue weighted by Gasteiger charge is 2.13. The summed E-state index contributed by atoms with van der Waals surface area (Å²) in [7, 11) is 0. The van der Waals surface area contributed by atoms with Crippen molar-refractivity contribution in [1.82, 2.24) is 10.2 Å². The molecule has 1 aromatic rings. The molecule has 17 heavy (non-hydrogen) atoms. The van der Waals surface area contributed by atoms with Crippen molar-refractivity contribution in [2.45, 2.75) is 32.6 Å². The third kappa shape index (κ3) is 3.66. The lowest BCUT2D eigenvalue weighted by Gasteiger charge is -2.22. The highest BCUT2D eigenvalue weighted by Crippen LogP contribution is 2.17. The fourth-order valence-electron chi connectivity index (χ4n) is 1.98. The van der Waals surface area contributed by atoms with Crippen LogP contribution in [0.25, 0.3) is 0 Å². The molecule has 0 spiro atoms. The van der Waals surface area contributed by atoms with Gasteiger partial charge < -0.3 is 10.1 Å². The summed E-state index contributed by atoms with van der Waals surface area (Å²) in [5.41, 5.74) is 1.23. The van der Waals surface area contributed by atoms with Crippen molar-refractivity contribution < 1.29 is 4.74 Å². The molecule has 0 bridgehead atoms. The second-order valence-corrected chi connectivity index (χ2v) is 4.97. The Morgan fingerprint density at radius 2 is 2.18 bits per heavy atom. The van der Waals surface area contributed by atoms with E-state index in [0.717, 1.165) is 38.4 Å². The van der Waals surface area contributed by atoms with E-state index < -0.39 is 0 Å². The zero-order valence-corrected chi connectivity index (χ0v) is 10.6. The van der Waals surface area contributed by atoms with Crippen LogP contribution in [0.15, 0.2) is 12.3 Å². The number of anilines is 1. The largest absolute Gasteiger partial charge is 0.381 e. The van der Waals surface area contributed by atoms with Crippen LogP contribution in [0.1, 0.15) is 38.2 Å². The monoisotopic (exact) mass is 235 g/mol. The van der Waals surface area contributed by atoms with E-state index in [-0.39, 0.29) is 0 Å². The van der Waals surface area contributed by atoms with Gasteiger partial charge in [0, 0.05) is 19.8 Å². The molecule has 1 aliphatic heterocycles. The molecular formula is C13H21N3O. The van der Waals surface area contributed by atoms with E-state index in [4.69, 9.17) is 4.74 Å². The number of hydrogen-bond acceptors (Lipinski definition) is 4. The topological polar surface area (TPSA) is 47.0 Å². The first-order valence-electron chi connectivity index (χ1n) is 6.40. The van der Waals surface area contributed by atoms with Crippen LogP contribution >= 0.6 is 0 Å². The molecular weight excluding hydrogens is 214 g/mol. The second kappa shape index (κ2) is 5.96. The van der Waals surface area contributed by atoms with Gasteiger partial charge in [0.15, 0.2) is 0 Å². The fourth-order valence-corrected chi connectivity index (χ4v) is 1.98. The molecule has 0 aromatic carbocycles. The third-order valence-corrected chi connectivity index (χ3v) is 3.26. The molecule has 0 saturated carbocycles. The molecule has 1 aliphatic rings. The molecule has 0 amide bonds. The SMILES string of the molecule is CC(C)c1cnnc(NCC2CCOCC2)c1. The molecule has 1 N–H and O–H groups in total. The van der Waals surface area contributed by atoms with Crippen molar-refractivity contribution in [3.63, 3.8) is 0 Å². The van der Waals surface area contributed by atoms with Crippen molar-refractivity contribution in [3.8, 4) is 0 Å². The first-order valence-corrected chi connectivity index (χ1v) is 6.40. The molecule has 2 rings (SSSR count). The summed E-state index contributed by atoms with van der Waals surface area (Å²) in [5.74, 6) is 2.09. The van der Waals surface area contributed by atoms with Crippen LogP contribution in [0.2, 0.25) is 0 Å². The van der Waals surface area contributed by atoms with Crippen molar-refractivity contribution >= 4 is 5.82 Å². The fraction of sp³-hybridized carbons (Fsp3) is 0.692. The van der Waals surface area contributed by atoms with Crippen LogP contribution in [0, 0.1) is 5.92 Å². The van der Waals surface area contributed by atoms with E-state index in [1.54, 1.807) is 0 Å².